The molecule has 1 unspecified atom stereocenters. The average Bonchev–Trinajstić information content (AvgIpc) is 3.31. The molecule has 39 heavy (non-hydrogen) atoms. The maximum Gasteiger partial charge on any atom is 0.573 e. The number of rotatable bonds is 8. The predicted molar refractivity (Wildman–Crippen MR) is 142 cm³/mol. The number of ether oxygens (including phenoxy) is 1. The lowest BCUT2D eigenvalue weighted by molar-refractivity contribution is -0.274. The number of carbonyl (C=O) groups is 2. The minimum atomic E-state index is -4.81. The van der Waals surface area contributed by atoms with Crippen LogP contribution in [0.25, 0.3) is 6.08 Å². The van der Waals surface area contributed by atoms with Gasteiger partial charge in [-0.1, -0.05) is 36.4 Å². The number of halogens is 3. The van der Waals surface area contributed by atoms with Gasteiger partial charge in [-0.3, -0.25) is 14.5 Å². The summed E-state index contributed by atoms with van der Waals surface area (Å²) in [5.41, 5.74) is 8.46. The summed E-state index contributed by atoms with van der Waals surface area (Å²) in [5.74, 6) is -1.16. The van der Waals surface area contributed by atoms with Gasteiger partial charge in [0.1, 0.15) is 11.8 Å². The lowest BCUT2D eigenvalue weighted by Gasteiger charge is -2.27. The van der Waals surface area contributed by atoms with Gasteiger partial charge in [0.15, 0.2) is 0 Å². The fourth-order valence-electron chi connectivity index (χ4n) is 4.23. The van der Waals surface area contributed by atoms with Crippen LogP contribution in [0.15, 0.2) is 78.9 Å². The molecule has 0 aromatic heterocycles. The molecule has 1 aliphatic rings. The first-order valence-electron chi connectivity index (χ1n) is 12.1. The molecule has 1 fully saturated rings. The number of amides is 2. The van der Waals surface area contributed by atoms with E-state index in [0.717, 1.165) is 17.7 Å². The van der Waals surface area contributed by atoms with E-state index in [0.29, 0.717) is 42.1 Å². The van der Waals surface area contributed by atoms with Crippen molar-refractivity contribution in [1.82, 2.24) is 4.90 Å². The zero-order valence-corrected chi connectivity index (χ0v) is 20.7. The van der Waals surface area contributed by atoms with Crippen LogP contribution in [0.2, 0.25) is 0 Å². The lowest BCUT2D eigenvalue weighted by Crippen LogP contribution is -2.36. The number of hydrogen-bond donors (Lipinski definition) is 4. The molecule has 0 spiro atoms. The summed E-state index contributed by atoms with van der Waals surface area (Å²) in [6.45, 7) is 0.781. The van der Waals surface area contributed by atoms with Crippen molar-refractivity contribution in [3.8, 4) is 5.75 Å². The number of nitrogens with one attached hydrogen (secondary N) is 2. The second kappa shape index (κ2) is 12.0. The summed E-state index contributed by atoms with van der Waals surface area (Å²) >= 11 is 0. The molecule has 1 aliphatic heterocycles. The largest absolute Gasteiger partial charge is 0.573 e. The first-order chi connectivity index (χ1) is 18.6. The number of likely N-dealkylation sites (tertiary alicyclic amines) is 1. The van der Waals surface area contributed by atoms with Gasteiger partial charge in [0.25, 0.3) is 0 Å². The van der Waals surface area contributed by atoms with Crippen LogP contribution in [0.4, 0.5) is 30.2 Å². The average molecular weight is 541 g/mol. The van der Waals surface area contributed by atoms with Crippen LogP contribution in [0.5, 0.6) is 5.75 Å². The van der Waals surface area contributed by atoms with Crippen LogP contribution < -0.4 is 21.1 Å². The molecular weight excluding hydrogens is 513 g/mol. The molecule has 2 amide bonds. The molecular formula is C28H27F3N4O4. The molecule has 8 nitrogen and oxygen atoms in total. The summed E-state index contributed by atoms with van der Waals surface area (Å²) in [6.07, 6.45) is -1.88. The second-order valence-corrected chi connectivity index (χ2v) is 8.98. The Morgan fingerprint density at radius 3 is 2.33 bits per heavy atom. The molecule has 11 heteroatoms. The van der Waals surface area contributed by atoms with E-state index in [9.17, 15) is 27.9 Å². The third-order valence-corrected chi connectivity index (χ3v) is 6.06. The lowest BCUT2D eigenvalue weighted by atomic mass is 10.0. The van der Waals surface area contributed by atoms with Crippen molar-refractivity contribution < 1.29 is 32.6 Å². The molecule has 0 radical (unpaired) electrons. The molecule has 2 atom stereocenters. The first kappa shape index (κ1) is 27.7. The number of hydrogen-bond acceptors (Lipinski definition) is 6. The van der Waals surface area contributed by atoms with Crippen molar-refractivity contribution in [3.63, 3.8) is 0 Å². The Balaban J connectivity index is 1.45. The van der Waals surface area contributed by atoms with Crippen LogP contribution in [-0.2, 0) is 9.59 Å². The Bertz CT molecular complexity index is 1330. The number of alkyl halides is 3. The Kier molecular flexibility index (Phi) is 8.52. The normalized spacial score (nSPS) is 16.7. The Morgan fingerprint density at radius 2 is 1.72 bits per heavy atom. The molecule has 0 saturated carbocycles. The smallest absolute Gasteiger partial charge is 0.406 e. The highest BCUT2D eigenvalue weighted by Gasteiger charge is 2.33. The molecule has 3 aromatic rings. The van der Waals surface area contributed by atoms with E-state index in [1.807, 2.05) is 4.90 Å². The van der Waals surface area contributed by atoms with E-state index < -0.39 is 30.2 Å². The highest BCUT2D eigenvalue weighted by molar-refractivity contribution is 6.03. The van der Waals surface area contributed by atoms with Gasteiger partial charge in [0, 0.05) is 24.9 Å². The van der Waals surface area contributed by atoms with Crippen molar-refractivity contribution in [2.45, 2.75) is 24.9 Å². The van der Waals surface area contributed by atoms with Gasteiger partial charge < -0.3 is 26.2 Å². The van der Waals surface area contributed by atoms with Gasteiger partial charge in [0.05, 0.1) is 17.5 Å². The van der Waals surface area contributed by atoms with Crippen LogP contribution in [0, 0.1) is 0 Å². The molecule has 1 saturated heterocycles. The van der Waals surface area contributed by atoms with Crippen molar-refractivity contribution >= 4 is 35.0 Å². The van der Waals surface area contributed by atoms with Gasteiger partial charge in [0.2, 0.25) is 11.8 Å². The van der Waals surface area contributed by atoms with Crippen molar-refractivity contribution in [1.29, 1.82) is 0 Å². The van der Waals surface area contributed by atoms with Crippen LogP contribution in [-0.4, -0.2) is 47.4 Å². The number of anilines is 3. The van der Waals surface area contributed by atoms with E-state index in [1.54, 1.807) is 54.6 Å². The summed E-state index contributed by atoms with van der Waals surface area (Å²) in [7, 11) is 0. The number of nitrogen functional groups attached to an aromatic ring is 1. The molecule has 4 rings (SSSR count). The van der Waals surface area contributed by atoms with Crippen molar-refractivity contribution in [3.05, 3.63) is 90.0 Å². The number of benzene rings is 3. The van der Waals surface area contributed by atoms with E-state index in [4.69, 9.17) is 5.73 Å². The maximum atomic E-state index is 13.3. The van der Waals surface area contributed by atoms with Gasteiger partial charge in [-0.25, -0.2) is 0 Å². The minimum Gasteiger partial charge on any atom is -0.406 e. The third kappa shape index (κ3) is 7.82. The quantitative estimate of drug-likeness (QED) is 0.246. The minimum absolute atomic E-state index is 0.293. The Hall–Kier alpha value is -4.35. The van der Waals surface area contributed by atoms with Crippen LogP contribution in [0.1, 0.15) is 23.6 Å². The number of para-hydroxylation sites is 2. The number of nitrogens with zero attached hydrogens (tertiary/aromatic N) is 1. The molecule has 5 N–H and O–H groups in total. The highest BCUT2D eigenvalue weighted by Crippen LogP contribution is 2.29. The molecule has 204 valence electrons. The van der Waals surface area contributed by atoms with Crippen LogP contribution >= 0.6 is 0 Å². The SMILES string of the molecule is Nc1ccccc1NC(=O)C=Cc1ccc(C(C(=O)Nc2ccc(OC(F)(F)F)cc2)N2CC[C@H](O)C2)cc1. The maximum absolute atomic E-state index is 13.3. The fourth-order valence-corrected chi connectivity index (χ4v) is 4.23. The van der Waals surface area contributed by atoms with Gasteiger partial charge in [-0.05, 0) is 60.0 Å². The fraction of sp³-hybridized carbons (Fsp3) is 0.214. The van der Waals surface area contributed by atoms with Gasteiger partial charge in [-0.15, -0.1) is 13.2 Å². The summed E-state index contributed by atoms with van der Waals surface area (Å²) < 4.78 is 41.1. The molecule has 3 aromatic carbocycles. The summed E-state index contributed by atoms with van der Waals surface area (Å²) in [6, 6.07) is 18.0. The number of β-amino-alcohol motifs (C(OH)–C–C–N with tert-alkyl or cyclic N) is 1. The number of carbonyl (C=O) groups excluding carboxylic acids is 2. The van der Waals surface area contributed by atoms with Crippen molar-refractivity contribution in [2.24, 2.45) is 0 Å². The Labute approximate surface area is 222 Å². The van der Waals surface area contributed by atoms with Gasteiger partial charge in [-0.2, -0.15) is 0 Å². The standard InChI is InChI=1S/C28H27F3N4O4/c29-28(30,31)39-22-12-10-20(11-13-22)33-27(38)26(35-16-15-21(36)17-35)19-8-5-18(6-9-19)7-14-25(37)34-24-4-2-1-3-23(24)32/h1-14,21,26,36H,15-17,32H2,(H,33,38)(H,34,37)/t21-,26?/m0/s1. The molecule has 1 heterocycles. The third-order valence-electron chi connectivity index (χ3n) is 6.06. The number of aliphatic hydroxyl groups is 1. The zero-order chi connectivity index (χ0) is 28.0. The van der Waals surface area contributed by atoms with Crippen LogP contribution in [0.3, 0.4) is 0 Å². The highest BCUT2D eigenvalue weighted by atomic mass is 19.4. The van der Waals surface area contributed by atoms with E-state index in [-0.39, 0.29) is 5.91 Å². The Morgan fingerprint density at radius 1 is 1.03 bits per heavy atom. The topological polar surface area (TPSA) is 117 Å². The summed E-state index contributed by atoms with van der Waals surface area (Å²) in [5, 5.41) is 15.5. The monoisotopic (exact) mass is 540 g/mol. The zero-order valence-electron chi connectivity index (χ0n) is 20.7. The first-order valence-corrected chi connectivity index (χ1v) is 12.1. The molecule has 0 aliphatic carbocycles. The number of nitrogens with two attached hydrogens (primary N) is 1. The van der Waals surface area contributed by atoms with E-state index in [1.165, 1.54) is 18.2 Å². The van der Waals surface area contributed by atoms with Gasteiger partial charge >= 0.3 is 6.36 Å². The molecule has 0 bridgehead atoms. The van der Waals surface area contributed by atoms with E-state index in [2.05, 4.69) is 15.4 Å². The summed E-state index contributed by atoms with van der Waals surface area (Å²) in [4.78, 5) is 27.4. The predicted octanol–water partition coefficient (Wildman–Crippen LogP) is 4.57. The number of aliphatic hydroxyl groups excluding tert-OH is 1. The second-order valence-electron chi connectivity index (χ2n) is 8.98. The van der Waals surface area contributed by atoms with Crippen molar-refractivity contribution in [2.75, 3.05) is 29.5 Å². The van der Waals surface area contributed by atoms with E-state index >= 15 is 0 Å².